The van der Waals surface area contributed by atoms with E-state index in [1.165, 1.54) is 135 Å². The van der Waals surface area contributed by atoms with Crippen LogP contribution in [0.2, 0.25) is 0 Å². The van der Waals surface area contributed by atoms with Crippen LogP contribution in [0, 0.1) is 35.5 Å². The van der Waals surface area contributed by atoms with Crippen LogP contribution in [0.3, 0.4) is 0 Å². The van der Waals surface area contributed by atoms with Gasteiger partial charge in [-0.15, -0.1) is 0 Å². The van der Waals surface area contributed by atoms with Crippen molar-refractivity contribution in [1.82, 2.24) is 10.6 Å². The topological polar surface area (TPSA) is 24.1 Å². The summed E-state index contributed by atoms with van der Waals surface area (Å²) in [5.74, 6) is 5.82. The highest BCUT2D eigenvalue weighted by Gasteiger charge is 2.57. The van der Waals surface area contributed by atoms with Gasteiger partial charge in [0.1, 0.15) is 0 Å². The van der Waals surface area contributed by atoms with Crippen LogP contribution in [0.4, 0.5) is 0 Å². The lowest BCUT2D eigenvalue weighted by atomic mass is 9.49. The predicted molar refractivity (Wildman–Crippen MR) is 157 cm³/mol. The van der Waals surface area contributed by atoms with Crippen molar-refractivity contribution in [3.8, 4) is 0 Å². The Hall–Kier alpha value is -0.0800. The second kappa shape index (κ2) is 14.9. The van der Waals surface area contributed by atoms with Gasteiger partial charge in [0.05, 0.1) is 0 Å². The average Bonchev–Trinajstić information content (AvgIpc) is 2.92. The standard InChI is InChI=1S/C34H64N2/c1-4-7-8-9-10-11-26-33(35-5-2)34(36-6-3,31-24-16-20-27-18-12-14-22-29(27)31)32-25-17-21-28-19-13-15-23-30(28)32/h27-33,35-36H,4-26H2,1-3H3. The van der Waals surface area contributed by atoms with E-state index >= 15 is 0 Å². The van der Waals surface area contributed by atoms with E-state index in [0.717, 1.165) is 48.6 Å². The lowest BCUT2D eigenvalue weighted by Gasteiger charge is -2.61. The van der Waals surface area contributed by atoms with Gasteiger partial charge in [0.15, 0.2) is 0 Å². The van der Waals surface area contributed by atoms with Crippen LogP contribution < -0.4 is 10.6 Å². The maximum absolute atomic E-state index is 4.49. The minimum absolute atomic E-state index is 0.315. The summed E-state index contributed by atoms with van der Waals surface area (Å²) in [4.78, 5) is 0. The van der Waals surface area contributed by atoms with E-state index in [2.05, 4.69) is 31.4 Å². The van der Waals surface area contributed by atoms with Crippen molar-refractivity contribution in [2.45, 2.75) is 167 Å². The Morgan fingerprint density at radius 1 is 0.583 bits per heavy atom. The molecule has 36 heavy (non-hydrogen) atoms. The van der Waals surface area contributed by atoms with Gasteiger partial charge >= 0.3 is 0 Å². The van der Waals surface area contributed by atoms with Crippen molar-refractivity contribution in [1.29, 1.82) is 0 Å². The fourth-order valence-electron chi connectivity index (χ4n) is 10.4. The van der Waals surface area contributed by atoms with Gasteiger partial charge < -0.3 is 10.6 Å². The molecule has 2 nitrogen and oxygen atoms in total. The van der Waals surface area contributed by atoms with E-state index in [1.807, 2.05) is 0 Å². The Kier molecular flexibility index (Phi) is 12.0. The molecule has 0 heterocycles. The Labute approximate surface area is 226 Å². The van der Waals surface area contributed by atoms with E-state index in [4.69, 9.17) is 0 Å². The molecule has 0 saturated heterocycles. The summed E-state index contributed by atoms with van der Waals surface area (Å²) >= 11 is 0. The summed E-state index contributed by atoms with van der Waals surface area (Å²) in [6.45, 7) is 9.46. The first-order valence-electron chi connectivity index (χ1n) is 17.2. The predicted octanol–water partition coefficient (Wildman–Crippen LogP) is 9.28. The molecule has 210 valence electrons. The SMILES string of the molecule is CCCCCCCCC(NCC)C(NCC)(C1CCCC2CCCCC21)C1CCCC2CCCCC21. The third-order valence-electron chi connectivity index (χ3n) is 11.7. The van der Waals surface area contributed by atoms with Crippen molar-refractivity contribution in [2.24, 2.45) is 35.5 Å². The molecule has 7 atom stereocenters. The molecular weight excluding hydrogens is 436 g/mol. The average molecular weight is 501 g/mol. The molecule has 2 N–H and O–H groups in total. The van der Waals surface area contributed by atoms with Gasteiger partial charge in [-0.1, -0.05) is 124 Å². The van der Waals surface area contributed by atoms with Gasteiger partial charge in [0.25, 0.3) is 0 Å². The Morgan fingerprint density at radius 3 is 1.67 bits per heavy atom. The number of hydrogen-bond acceptors (Lipinski definition) is 2. The number of hydrogen-bond donors (Lipinski definition) is 2. The molecule has 0 radical (unpaired) electrons. The molecule has 0 aliphatic heterocycles. The van der Waals surface area contributed by atoms with Gasteiger partial charge in [-0.05, 0) is 80.7 Å². The Bertz CT molecular complexity index is 564. The maximum Gasteiger partial charge on any atom is 0.0397 e. The first-order chi connectivity index (χ1) is 17.8. The van der Waals surface area contributed by atoms with Crippen molar-refractivity contribution in [2.75, 3.05) is 13.1 Å². The second-order valence-corrected chi connectivity index (χ2v) is 13.6. The maximum atomic E-state index is 4.49. The number of rotatable bonds is 14. The Morgan fingerprint density at radius 2 is 1.11 bits per heavy atom. The van der Waals surface area contributed by atoms with Gasteiger partial charge in [-0.25, -0.2) is 0 Å². The number of fused-ring (bicyclic) bond motifs is 2. The molecule has 4 aliphatic carbocycles. The van der Waals surface area contributed by atoms with Gasteiger partial charge in [0.2, 0.25) is 0 Å². The molecule has 0 spiro atoms. The van der Waals surface area contributed by atoms with Crippen molar-refractivity contribution >= 4 is 0 Å². The number of likely N-dealkylation sites (N-methyl/N-ethyl adjacent to an activating group) is 2. The van der Waals surface area contributed by atoms with Crippen LogP contribution in [-0.4, -0.2) is 24.7 Å². The van der Waals surface area contributed by atoms with Crippen molar-refractivity contribution in [3.63, 3.8) is 0 Å². The van der Waals surface area contributed by atoms with Crippen LogP contribution in [0.25, 0.3) is 0 Å². The minimum atomic E-state index is 0.315. The zero-order valence-corrected chi connectivity index (χ0v) is 24.8. The molecule has 0 aromatic heterocycles. The van der Waals surface area contributed by atoms with Crippen LogP contribution in [0.1, 0.15) is 156 Å². The zero-order chi connectivity index (χ0) is 25.2. The normalized spacial score (nSPS) is 35.4. The van der Waals surface area contributed by atoms with E-state index < -0.39 is 0 Å². The third kappa shape index (κ3) is 6.55. The first kappa shape index (κ1) is 28.9. The quantitative estimate of drug-likeness (QED) is 0.232. The summed E-state index contributed by atoms with van der Waals surface area (Å²) in [5.41, 5.74) is 0.315. The smallest absolute Gasteiger partial charge is 0.0397 e. The van der Waals surface area contributed by atoms with Gasteiger partial charge in [0, 0.05) is 11.6 Å². The lowest BCUT2D eigenvalue weighted by Crippen LogP contribution is -2.71. The highest BCUT2D eigenvalue weighted by atomic mass is 15.1. The molecule has 2 heteroatoms. The Balaban J connectivity index is 1.66. The van der Waals surface area contributed by atoms with Crippen molar-refractivity contribution in [3.05, 3.63) is 0 Å². The van der Waals surface area contributed by atoms with E-state index in [-0.39, 0.29) is 0 Å². The number of nitrogens with one attached hydrogen (secondary N) is 2. The van der Waals surface area contributed by atoms with Crippen LogP contribution in [-0.2, 0) is 0 Å². The van der Waals surface area contributed by atoms with E-state index in [9.17, 15) is 0 Å². The first-order valence-corrected chi connectivity index (χ1v) is 17.2. The highest BCUT2D eigenvalue weighted by molar-refractivity contribution is 5.13. The fraction of sp³-hybridized carbons (Fsp3) is 1.00. The molecule has 7 unspecified atom stereocenters. The van der Waals surface area contributed by atoms with Gasteiger partial charge in [-0.3, -0.25) is 0 Å². The molecule has 0 bridgehead atoms. The number of unbranched alkanes of at least 4 members (excludes halogenated alkanes) is 5. The molecule has 4 fully saturated rings. The van der Waals surface area contributed by atoms with E-state index in [0.29, 0.717) is 11.6 Å². The monoisotopic (exact) mass is 501 g/mol. The van der Waals surface area contributed by atoms with Crippen LogP contribution in [0.15, 0.2) is 0 Å². The van der Waals surface area contributed by atoms with Crippen molar-refractivity contribution < 1.29 is 0 Å². The molecule has 4 rings (SSSR count). The van der Waals surface area contributed by atoms with Crippen LogP contribution in [0.5, 0.6) is 0 Å². The zero-order valence-electron chi connectivity index (χ0n) is 24.8. The summed E-state index contributed by atoms with van der Waals surface area (Å²) in [6.07, 6.45) is 31.1. The minimum Gasteiger partial charge on any atom is -0.312 e. The largest absolute Gasteiger partial charge is 0.312 e. The molecule has 0 amide bonds. The van der Waals surface area contributed by atoms with Crippen LogP contribution >= 0.6 is 0 Å². The van der Waals surface area contributed by atoms with E-state index in [1.54, 1.807) is 0 Å². The summed E-state index contributed by atoms with van der Waals surface area (Å²) in [6, 6.07) is 0.657. The summed E-state index contributed by atoms with van der Waals surface area (Å²) < 4.78 is 0. The fourth-order valence-corrected chi connectivity index (χ4v) is 10.4. The molecule has 4 aliphatic rings. The highest BCUT2D eigenvalue weighted by Crippen LogP contribution is 2.56. The third-order valence-corrected chi connectivity index (χ3v) is 11.7. The molecule has 0 aromatic rings. The molecule has 4 saturated carbocycles. The molecule has 0 aromatic carbocycles. The second-order valence-electron chi connectivity index (χ2n) is 13.6. The lowest BCUT2D eigenvalue weighted by molar-refractivity contribution is -0.0670. The summed E-state index contributed by atoms with van der Waals surface area (Å²) in [5, 5.41) is 8.72. The molecular formula is C34H64N2. The van der Waals surface area contributed by atoms with Gasteiger partial charge in [-0.2, -0.15) is 0 Å². The summed E-state index contributed by atoms with van der Waals surface area (Å²) in [7, 11) is 0.